The van der Waals surface area contributed by atoms with E-state index in [1.165, 1.54) is 5.56 Å². The molecule has 0 fully saturated rings. The molecule has 22 heavy (non-hydrogen) atoms. The molecule has 2 aromatic rings. The van der Waals surface area contributed by atoms with E-state index in [-0.39, 0.29) is 12.5 Å². The number of carbonyl (C=O) groups excluding carboxylic acids is 1. The van der Waals surface area contributed by atoms with Crippen LogP contribution in [0.5, 0.6) is 0 Å². The van der Waals surface area contributed by atoms with Gasteiger partial charge in [0.05, 0.1) is 6.54 Å². The first kappa shape index (κ1) is 16.1. The standard InChI is InChI=1S/C19H24N2O/c1-13(2)16-10-7-9-15(4)19(16)21-18(22)12-20-17-11-6-5-8-14(17)3/h5-11,13,20H,12H2,1-4H3,(H,21,22). The van der Waals surface area contributed by atoms with Crippen LogP contribution in [0.15, 0.2) is 42.5 Å². The van der Waals surface area contributed by atoms with E-state index in [2.05, 4.69) is 30.5 Å². The molecule has 3 nitrogen and oxygen atoms in total. The van der Waals surface area contributed by atoms with Crippen LogP contribution < -0.4 is 10.6 Å². The SMILES string of the molecule is Cc1ccccc1NCC(=O)Nc1c(C)cccc1C(C)C. The molecule has 3 heteroatoms. The monoisotopic (exact) mass is 296 g/mol. The van der Waals surface area contributed by atoms with E-state index < -0.39 is 0 Å². The van der Waals surface area contributed by atoms with Crippen molar-refractivity contribution in [3.05, 3.63) is 59.2 Å². The smallest absolute Gasteiger partial charge is 0.243 e. The highest BCUT2D eigenvalue weighted by atomic mass is 16.1. The third-order valence-electron chi connectivity index (χ3n) is 3.78. The number of amides is 1. The lowest BCUT2D eigenvalue weighted by atomic mass is 9.98. The molecular formula is C19H24N2O. The van der Waals surface area contributed by atoms with Crippen LogP contribution in [-0.4, -0.2) is 12.5 Å². The second-order valence-electron chi connectivity index (χ2n) is 5.91. The van der Waals surface area contributed by atoms with Gasteiger partial charge in [0.25, 0.3) is 0 Å². The van der Waals surface area contributed by atoms with Crippen molar-refractivity contribution in [2.24, 2.45) is 0 Å². The molecule has 2 aromatic carbocycles. The van der Waals surface area contributed by atoms with Gasteiger partial charge in [-0.1, -0.05) is 50.2 Å². The highest BCUT2D eigenvalue weighted by Crippen LogP contribution is 2.27. The van der Waals surface area contributed by atoms with Crippen molar-refractivity contribution in [3.63, 3.8) is 0 Å². The Morgan fingerprint density at radius 1 is 1.00 bits per heavy atom. The molecule has 2 rings (SSSR count). The first-order valence-corrected chi connectivity index (χ1v) is 7.68. The second kappa shape index (κ2) is 7.12. The van der Waals surface area contributed by atoms with Crippen LogP contribution in [0.2, 0.25) is 0 Å². The maximum absolute atomic E-state index is 12.3. The van der Waals surface area contributed by atoms with E-state index in [4.69, 9.17) is 0 Å². The molecule has 0 heterocycles. The second-order valence-corrected chi connectivity index (χ2v) is 5.91. The van der Waals surface area contributed by atoms with E-state index in [1.807, 2.05) is 50.2 Å². The Hall–Kier alpha value is -2.29. The Bertz CT molecular complexity index is 662. The Labute approximate surface area is 132 Å². The minimum Gasteiger partial charge on any atom is -0.376 e. The Morgan fingerprint density at radius 3 is 2.36 bits per heavy atom. The molecule has 116 valence electrons. The van der Waals surface area contributed by atoms with Gasteiger partial charge in [-0.05, 0) is 42.5 Å². The van der Waals surface area contributed by atoms with Gasteiger partial charge < -0.3 is 10.6 Å². The van der Waals surface area contributed by atoms with Gasteiger partial charge in [0.2, 0.25) is 5.91 Å². The van der Waals surface area contributed by atoms with Gasteiger partial charge in [-0.15, -0.1) is 0 Å². The first-order valence-electron chi connectivity index (χ1n) is 7.68. The summed E-state index contributed by atoms with van der Waals surface area (Å²) in [6.07, 6.45) is 0. The average Bonchev–Trinajstić information content (AvgIpc) is 2.48. The maximum Gasteiger partial charge on any atom is 0.243 e. The number of para-hydroxylation sites is 2. The zero-order valence-corrected chi connectivity index (χ0v) is 13.7. The molecule has 0 unspecified atom stereocenters. The predicted molar refractivity (Wildman–Crippen MR) is 93.6 cm³/mol. The number of hydrogen-bond acceptors (Lipinski definition) is 2. The number of rotatable bonds is 5. The van der Waals surface area contributed by atoms with Crippen LogP contribution in [0, 0.1) is 13.8 Å². The molecule has 0 aliphatic heterocycles. The summed E-state index contributed by atoms with van der Waals surface area (Å²) in [6.45, 7) is 8.58. The molecule has 0 atom stereocenters. The number of benzene rings is 2. The third-order valence-corrected chi connectivity index (χ3v) is 3.78. The third kappa shape index (κ3) is 3.88. The van der Waals surface area contributed by atoms with Crippen molar-refractivity contribution in [2.45, 2.75) is 33.6 Å². The van der Waals surface area contributed by atoms with E-state index in [1.54, 1.807) is 0 Å². The largest absolute Gasteiger partial charge is 0.376 e. The van der Waals surface area contributed by atoms with Crippen LogP contribution in [0.1, 0.15) is 36.5 Å². The summed E-state index contributed by atoms with van der Waals surface area (Å²) in [6, 6.07) is 14.1. The molecule has 0 radical (unpaired) electrons. The fourth-order valence-corrected chi connectivity index (χ4v) is 2.47. The Balaban J connectivity index is 2.05. The van der Waals surface area contributed by atoms with Crippen LogP contribution in [-0.2, 0) is 4.79 Å². The maximum atomic E-state index is 12.3. The van der Waals surface area contributed by atoms with Crippen molar-refractivity contribution >= 4 is 17.3 Å². The van der Waals surface area contributed by atoms with Gasteiger partial charge in [-0.25, -0.2) is 0 Å². The summed E-state index contributed by atoms with van der Waals surface area (Å²) in [5, 5.41) is 6.24. The predicted octanol–water partition coefficient (Wildman–Crippen LogP) is 4.48. The van der Waals surface area contributed by atoms with Gasteiger partial charge in [0.1, 0.15) is 0 Å². The Kier molecular flexibility index (Phi) is 5.21. The number of carbonyl (C=O) groups is 1. The van der Waals surface area contributed by atoms with Crippen LogP contribution >= 0.6 is 0 Å². The number of aryl methyl sites for hydroxylation is 2. The lowest BCUT2D eigenvalue weighted by Crippen LogP contribution is -2.23. The van der Waals surface area contributed by atoms with Crippen LogP contribution in [0.4, 0.5) is 11.4 Å². The molecular weight excluding hydrogens is 272 g/mol. The van der Waals surface area contributed by atoms with E-state index in [0.717, 1.165) is 22.5 Å². The van der Waals surface area contributed by atoms with Crippen molar-refractivity contribution < 1.29 is 4.79 Å². The summed E-state index contributed by atoms with van der Waals surface area (Å²) in [5.41, 5.74) is 5.33. The molecule has 2 N–H and O–H groups in total. The number of anilines is 2. The number of nitrogens with one attached hydrogen (secondary N) is 2. The number of hydrogen-bond donors (Lipinski definition) is 2. The molecule has 1 amide bonds. The molecule has 0 spiro atoms. The summed E-state index contributed by atoms with van der Waals surface area (Å²) in [5.74, 6) is 0.346. The molecule has 0 aromatic heterocycles. The quantitative estimate of drug-likeness (QED) is 0.854. The normalized spacial score (nSPS) is 10.6. The van der Waals surface area contributed by atoms with Gasteiger partial charge in [0, 0.05) is 11.4 Å². The minimum atomic E-state index is -0.0283. The van der Waals surface area contributed by atoms with Crippen molar-refractivity contribution in [3.8, 4) is 0 Å². The molecule has 0 aliphatic rings. The molecule has 0 aliphatic carbocycles. The molecule has 0 bridgehead atoms. The minimum absolute atomic E-state index is 0.0283. The summed E-state index contributed by atoms with van der Waals surface area (Å²) >= 11 is 0. The van der Waals surface area contributed by atoms with Gasteiger partial charge in [-0.2, -0.15) is 0 Å². The van der Waals surface area contributed by atoms with Gasteiger partial charge in [-0.3, -0.25) is 4.79 Å². The van der Waals surface area contributed by atoms with E-state index in [0.29, 0.717) is 5.92 Å². The van der Waals surface area contributed by atoms with Crippen molar-refractivity contribution in [1.29, 1.82) is 0 Å². The fraction of sp³-hybridized carbons (Fsp3) is 0.316. The molecule has 0 saturated heterocycles. The molecule has 0 saturated carbocycles. The summed E-state index contributed by atoms with van der Waals surface area (Å²) < 4.78 is 0. The lowest BCUT2D eigenvalue weighted by Gasteiger charge is -2.17. The van der Waals surface area contributed by atoms with Crippen LogP contribution in [0.3, 0.4) is 0 Å². The summed E-state index contributed by atoms with van der Waals surface area (Å²) in [4.78, 5) is 12.3. The average molecular weight is 296 g/mol. The van der Waals surface area contributed by atoms with Gasteiger partial charge in [0.15, 0.2) is 0 Å². The van der Waals surface area contributed by atoms with Gasteiger partial charge >= 0.3 is 0 Å². The first-order chi connectivity index (χ1) is 10.5. The lowest BCUT2D eigenvalue weighted by molar-refractivity contribution is -0.114. The van der Waals surface area contributed by atoms with Crippen molar-refractivity contribution in [2.75, 3.05) is 17.2 Å². The Morgan fingerprint density at radius 2 is 1.68 bits per heavy atom. The topological polar surface area (TPSA) is 41.1 Å². The summed E-state index contributed by atoms with van der Waals surface area (Å²) in [7, 11) is 0. The highest BCUT2D eigenvalue weighted by Gasteiger charge is 2.12. The fourth-order valence-electron chi connectivity index (χ4n) is 2.47. The van der Waals surface area contributed by atoms with Crippen LogP contribution in [0.25, 0.3) is 0 Å². The zero-order chi connectivity index (χ0) is 16.1. The zero-order valence-electron chi connectivity index (χ0n) is 13.7. The highest BCUT2D eigenvalue weighted by molar-refractivity contribution is 5.95. The van der Waals surface area contributed by atoms with E-state index >= 15 is 0 Å². The van der Waals surface area contributed by atoms with Crippen molar-refractivity contribution in [1.82, 2.24) is 0 Å². The van der Waals surface area contributed by atoms with E-state index in [9.17, 15) is 4.79 Å².